The Morgan fingerprint density at radius 2 is 1.57 bits per heavy atom. The van der Waals surface area contributed by atoms with Gasteiger partial charge in [0, 0.05) is 6.04 Å². The van der Waals surface area contributed by atoms with Gasteiger partial charge in [0.25, 0.3) is 0 Å². The van der Waals surface area contributed by atoms with Crippen LogP contribution in [0, 0.1) is 5.41 Å². The quantitative estimate of drug-likeness (QED) is 0.865. The summed E-state index contributed by atoms with van der Waals surface area (Å²) in [6.07, 6.45) is -4.74. The smallest absolute Gasteiger partial charge is 0.208 e. The third-order valence-electron chi connectivity index (χ3n) is 3.90. The molecule has 0 aliphatic heterocycles. The van der Waals surface area contributed by atoms with Crippen molar-refractivity contribution in [1.29, 1.82) is 0 Å². The lowest BCUT2D eigenvalue weighted by Gasteiger charge is -2.28. The molecule has 1 unspecified atom stereocenters. The van der Waals surface area contributed by atoms with E-state index in [-0.39, 0.29) is 5.92 Å². The van der Waals surface area contributed by atoms with Crippen molar-refractivity contribution in [1.82, 2.24) is 4.72 Å². The van der Waals surface area contributed by atoms with E-state index in [0.29, 0.717) is 5.56 Å². The first-order valence-corrected chi connectivity index (χ1v) is 8.88. The minimum Gasteiger partial charge on any atom is -0.208 e. The van der Waals surface area contributed by atoms with Crippen LogP contribution >= 0.6 is 0 Å². The molecule has 0 aromatic heterocycles. The Labute approximate surface area is 136 Å². The van der Waals surface area contributed by atoms with Crippen molar-refractivity contribution in [3.8, 4) is 0 Å². The molecular weight excluding hydrogens is 327 g/mol. The molecule has 0 saturated carbocycles. The van der Waals surface area contributed by atoms with Crippen molar-refractivity contribution in [3.05, 3.63) is 29.3 Å². The maximum atomic E-state index is 13.3. The summed E-state index contributed by atoms with van der Waals surface area (Å²) in [5.41, 5.74) is -1.10. The third-order valence-corrected chi connectivity index (χ3v) is 5.50. The number of benzene rings is 1. The monoisotopic (exact) mass is 351 g/mol. The van der Waals surface area contributed by atoms with Crippen molar-refractivity contribution in [2.24, 2.45) is 5.41 Å². The van der Waals surface area contributed by atoms with E-state index in [2.05, 4.69) is 4.72 Å². The Balaban J connectivity index is 3.41. The number of hydrogen-bond donors (Lipinski definition) is 1. The van der Waals surface area contributed by atoms with Gasteiger partial charge in [-0.25, -0.2) is 13.1 Å². The Kier molecular flexibility index (Phi) is 5.58. The van der Waals surface area contributed by atoms with Gasteiger partial charge in [0.05, 0.1) is 10.5 Å². The highest BCUT2D eigenvalue weighted by Gasteiger charge is 2.38. The van der Waals surface area contributed by atoms with Gasteiger partial charge in [-0.2, -0.15) is 13.2 Å². The van der Waals surface area contributed by atoms with Crippen molar-refractivity contribution < 1.29 is 21.6 Å². The van der Waals surface area contributed by atoms with Crippen LogP contribution in [0.15, 0.2) is 23.1 Å². The first kappa shape index (κ1) is 20.0. The fraction of sp³-hybridized carbons (Fsp3) is 0.625. The molecule has 0 fully saturated rings. The highest BCUT2D eigenvalue weighted by Crippen LogP contribution is 2.36. The van der Waals surface area contributed by atoms with E-state index >= 15 is 0 Å². The van der Waals surface area contributed by atoms with Crippen LogP contribution in [-0.4, -0.2) is 14.5 Å². The molecule has 1 atom stereocenters. The van der Waals surface area contributed by atoms with E-state index in [9.17, 15) is 21.6 Å². The molecule has 0 saturated heterocycles. The molecule has 0 spiro atoms. The van der Waals surface area contributed by atoms with Gasteiger partial charge >= 0.3 is 6.18 Å². The number of hydrogen-bond acceptors (Lipinski definition) is 2. The van der Waals surface area contributed by atoms with Crippen LogP contribution in [0.3, 0.4) is 0 Å². The predicted octanol–water partition coefficient (Wildman–Crippen LogP) is 4.54. The first-order chi connectivity index (χ1) is 10.2. The van der Waals surface area contributed by atoms with E-state index in [1.807, 2.05) is 20.8 Å². The van der Waals surface area contributed by atoms with Gasteiger partial charge in [0.2, 0.25) is 10.0 Å². The van der Waals surface area contributed by atoms with Gasteiger partial charge in [-0.1, -0.05) is 40.7 Å². The Hall–Kier alpha value is -1.08. The molecule has 132 valence electrons. The zero-order valence-corrected chi connectivity index (χ0v) is 15.1. The van der Waals surface area contributed by atoms with E-state index in [4.69, 9.17) is 0 Å². The molecule has 1 rings (SSSR count). The Morgan fingerprint density at radius 1 is 1.04 bits per heavy atom. The predicted molar refractivity (Wildman–Crippen MR) is 84.8 cm³/mol. The van der Waals surface area contributed by atoms with E-state index in [1.54, 1.807) is 20.8 Å². The molecule has 0 bridgehead atoms. The number of halogens is 3. The maximum Gasteiger partial charge on any atom is 0.417 e. The standard InChI is InChI=1S/C16H24F3NO2S/c1-10(2)12-7-8-14(13(9-12)16(17,18)19)23(21,22)20-11(3)15(4,5)6/h7-11,20H,1-6H3. The summed E-state index contributed by atoms with van der Waals surface area (Å²) in [6, 6.07) is 2.87. The fourth-order valence-electron chi connectivity index (χ4n) is 1.84. The minimum absolute atomic E-state index is 0.130. The van der Waals surface area contributed by atoms with E-state index in [1.165, 1.54) is 6.07 Å². The molecule has 0 radical (unpaired) electrons. The zero-order valence-electron chi connectivity index (χ0n) is 14.2. The van der Waals surface area contributed by atoms with Gasteiger partial charge in [0.15, 0.2) is 0 Å². The second-order valence-corrected chi connectivity index (χ2v) is 8.80. The minimum atomic E-state index is -4.74. The van der Waals surface area contributed by atoms with Crippen molar-refractivity contribution in [3.63, 3.8) is 0 Å². The Bertz CT molecular complexity index is 659. The van der Waals surface area contributed by atoms with Crippen molar-refractivity contribution >= 4 is 10.0 Å². The van der Waals surface area contributed by atoms with Gasteiger partial charge < -0.3 is 0 Å². The second kappa shape index (κ2) is 6.43. The molecule has 0 amide bonds. The van der Waals surface area contributed by atoms with Crippen LogP contribution in [0.1, 0.15) is 58.6 Å². The number of rotatable bonds is 4. The van der Waals surface area contributed by atoms with Crippen LogP contribution < -0.4 is 4.72 Å². The van der Waals surface area contributed by atoms with Gasteiger partial charge in [-0.15, -0.1) is 0 Å². The van der Waals surface area contributed by atoms with Gasteiger partial charge in [0.1, 0.15) is 0 Å². The van der Waals surface area contributed by atoms with Gasteiger partial charge in [-0.05, 0) is 36.0 Å². The zero-order chi connectivity index (χ0) is 18.2. The summed E-state index contributed by atoms with van der Waals surface area (Å²) in [6.45, 7) is 10.6. The lowest BCUT2D eigenvalue weighted by atomic mass is 9.89. The van der Waals surface area contributed by atoms with E-state index < -0.39 is 38.1 Å². The number of sulfonamides is 1. The highest BCUT2D eigenvalue weighted by molar-refractivity contribution is 7.89. The molecule has 7 heteroatoms. The maximum absolute atomic E-state index is 13.3. The molecule has 0 aliphatic rings. The molecule has 1 aromatic rings. The molecule has 3 nitrogen and oxygen atoms in total. The largest absolute Gasteiger partial charge is 0.417 e. The summed E-state index contributed by atoms with van der Waals surface area (Å²) in [5.74, 6) is -0.130. The molecular formula is C16H24F3NO2S. The topological polar surface area (TPSA) is 46.2 Å². The average molecular weight is 351 g/mol. The second-order valence-electron chi connectivity index (χ2n) is 7.12. The average Bonchev–Trinajstić information content (AvgIpc) is 2.35. The van der Waals surface area contributed by atoms with Crippen molar-refractivity contribution in [2.45, 2.75) is 64.6 Å². The molecule has 1 N–H and O–H groups in total. The summed E-state index contributed by atoms with van der Waals surface area (Å²) in [7, 11) is -4.27. The molecule has 1 aromatic carbocycles. The van der Waals surface area contributed by atoms with Crippen molar-refractivity contribution in [2.75, 3.05) is 0 Å². The van der Waals surface area contributed by atoms with Crippen LogP contribution in [-0.2, 0) is 16.2 Å². The van der Waals surface area contributed by atoms with Crippen LogP contribution in [0.5, 0.6) is 0 Å². The van der Waals surface area contributed by atoms with E-state index in [0.717, 1.165) is 12.1 Å². The van der Waals surface area contributed by atoms with Crippen LogP contribution in [0.25, 0.3) is 0 Å². The fourth-order valence-corrected chi connectivity index (χ4v) is 3.49. The normalized spacial score (nSPS) is 15.0. The van der Waals surface area contributed by atoms with Gasteiger partial charge in [-0.3, -0.25) is 0 Å². The molecule has 0 heterocycles. The molecule has 0 aliphatic carbocycles. The number of nitrogens with one attached hydrogen (secondary N) is 1. The Morgan fingerprint density at radius 3 is 1.96 bits per heavy atom. The number of alkyl halides is 3. The summed E-state index contributed by atoms with van der Waals surface area (Å²) in [4.78, 5) is -0.731. The summed E-state index contributed by atoms with van der Waals surface area (Å²) < 4.78 is 67.1. The summed E-state index contributed by atoms with van der Waals surface area (Å²) in [5, 5.41) is 0. The van der Waals surface area contributed by atoms with Crippen LogP contribution in [0.4, 0.5) is 13.2 Å². The highest BCUT2D eigenvalue weighted by atomic mass is 32.2. The summed E-state index contributed by atoms with van der Waals surface area (Å²) >= 11 is 0. The third kappa shape index (κ3) is 4.94. The molecule has 23 heavy (non-hydrogen) atoms. The SMILES string of the molecule is CC(C)c1ccc(S(=O)(=O)NC(C)C(C)(C)C)c(C(F)(F)F)c1. The first-order valence-electron chi connectivity index (χ1n) is 7.39. The van der Waals surface area contributed by atoms with Crippen LogP contribution in [0.2, 0.25) is 0 Å². The lowest BCUT2D eigenvalue weighted by Crippen LogP contribution is -2.41. The lowest BCUT2D eigenvalue weighted by molar-refractivity contribution is -0.139.